The summed E-state index contributed by atoms with van der Waals surface area (Å²) in [7, 11) is 0. The van der Waals surface area contributed by atoms with Crippen molar-refractivity contribution in [2.75, 3.05) is 0 Å². The van der Waals surface area contributed by atoms with Crippen molar-refractivity contribution in [2.24, 2.45) is 5.73 Å². The van der Waals surface area contributed by atoms with Crippen molar-refractivity contribution >= 4 is 11.0 Å². The van der Waals surface area contributed by atoms with E-state index in [1.54, 1.807) is 12.4 Å². The van der Waals surface area contributed by atoms with Gasteiger partial charge in [0.15, 0.2) is 0 Å². The average molecular weight is 277 g/mol. The lowest BCUT2D eigenvalue weighted by atomic mass is 9.98. The minimum absolute atomic E-state index is 0.00844. The normalized spacial score (nSPS) is 12.4. The van der Waals surface area contributed by atoms with E-state index in [0.29, 0.717) is 0 Å². The van der Waals surface area contributed by atoms with Gasteiger partial charge in [-0.3, -0.25) is 9.97 Å². The second-order valence-electron chi connectivity index (χ2n) is 5.26. The van der Waals surface area contributed by atoms with Gasteiger partial charge in [0, 0.05) is 18.4 Å². The highest BCUT2D eigenvalue weighted by atomic mass is 14.8. The summed E-state index contributed by atoms with van der Waals surface area (Å²) >= 11 is 0. The van der Waals surface area contributed by atoms with Crippen LogP contribution in [0.2, 0.25) is 0 Å². The van der Waals surface area contributed by atoms with Gasteiger partial charge in [0.25, 0.3) is 0 Å². The molecule has 2 N–H and O–H groups in total. The third-order valence-electron chi connectivity index (χ3n) is 3.75. The lowest BCUT2D eigenvalue weighted by molar-refractivity contribution is 0.614. The highest BCUT2D eigenvalue weighted by molar-refractivity contribution is 5.77. The molecule has 21 heavy (non-hydrogen) atoms. The fourth-order valence-electron chi connectivity index (χ4n) is 2.64. The fourth-order valence-corrected chi connectivity index (χ4v) is 2.64. The van der Waals surface area contributed by atoms with Crippen LogP contribution in [0.5, 0.6) is 0 Å². The molecule has 1 aromatic heterocycles. The number of hydrogen-bond donors (Lipinski definition) is 1. The molecule has 0 aliphatic rings. The smallest absolute Gasteiger partial charge is 0.0934 e. The van der Waals surface area contributed by atoms with Crippen molar-refractivity contribution < 1.29 is 0 Å². The highest BCUT2D eigenvalue weighted by Gasteiger charge is 2.11. The third-order valence-corrected chi connectivity index (χ3v) is 3.75. The van der Waals surface area contributed by atoms with Crippen LogP contribution in [0.15, 0.2) is 60.9 Å². The largest absolute Gasteiger partial charge is 0.324 e. The van der Waals surface area contributed by atoms with E-state index in [1.807, 2.05) is 18.2 Å². The van der Waals surface area contributed by atoms with Crippen molar-refractivity contribution in [3.05, 3.63) is 72.1 Å². The molecule has 0 aliphatic heterocycles. The number of nitrogens with zero attached hydrogens (tertiary/aromatic N) is 2. The first-order valence-electron chi connectivity index (χ1n) is 7.34. The third kappa shape index (κ3) is 3.26. The number of benzene rings is 2. The van der Waals surface area contributed by atoms with Crippen LogP contribution in [0.1, 0.15) is 30.0 Å². The molecule has 1 heterocycles. The second-order valence-corrected chi connectivity index (χ2v) is 5.26. The van der Waals surface area contributed by atoms with Crippen LogP contribution >= 0.6 is 0 Å². The Morgan fingerprint density at radius 1 is 0.905 bits per heavy atom. The molecule has 3 nitrogen and oxygen atoms in total. The molecular formula is C18H19N3. The summed E-state index contributed by atoms with van der Waals surface area (Å²) in [5, 5.41) is 0. The Kier molecular flexibility index (Phi) is 4.22. The van der Waals surface area contributed by atoms with Gasteiger partial charge in [0.2, 0.25) is 0 Å². The minimum atomic E-state index is 0.00844. The molecule has 106 valence electrons. The van der Waals surface area contributed by atoms with Crippen LogP contribution in [-0.4, -0.2) is 9.97 Å². The van der Waals surface area contributed by atoms with Crippen LogP contribution in [0.25, 0.3) is 11.0 Å². The summed E-state index contributed by atoms with van der Waals surface area (Å²) in [5.74, 6) is 0. The van der Waals surface area contributed by atoms with Crippen LogP contribution in [-0.2, 0) is 6.42 Å². The quantitative estimate of drug-likeness (QED) is 0.774. The Morgan fingerprint density at radius 2 is 1.71 bits per heavy atom. The predicted octanol–water partition coefficient (Wildman–Crippen LogP) is 3.65. The molecular weight excluding hydrogens is 258 g/mol. The van der Waals surface area contributed by atoms with Crippen LogP contribution < -0.4 is 5.73 Å². The van der Waals surface area contributed by atoms with Crippen molar-refractivity contribution in [1.82, 2.24) is 9.97 Å². The Balaban J connectivity index is 1.68. The van der Waals surface area contributed by atoms with Gasteiger partial charge in [-0.15, -0.1) is 0 Å². The summed E-state index contributed by atoms with van der Waals surface area (Å²) in [6, 6.07) is 16.6. The van der Waals surface area contributed by atoms with Crippen molar-refractivity contribution in [2.45, 2.75) is 25.3 Å². The van der Waals surface area contributed by atoms with E-state index in [9.17, 15) is 0 Å². The summed E-state index contributed by atoms with van der Waals surface area (Å²) in [6.07, 6.45) is 6.52. The van der Waals surface area contributed by atoms with E-state index >= 15 is 0 Å². The first kappa shape index (κ1) is 13.7. The number of fused-ring (bicyclic) bond motifs is 1. The SMILES string of the molecule is NC(CCCc1ccccc1)c1cccc2nccnc12. The number of aromatic nitrogens is 2. The maximum atomic E-state index is 6.36. The zero-order valence-electron chi connectivity index (χ0n) is 11.9. The average Bonchev–Trinajstić information content (AvgIpc) is 2.55. The Morgan fingerprint density at radius 3 is 2.57 bits per heavy atom. The van der Waals surface area contributed by atoms with Gasteiger partial charge < -0.3 is 5.73 Å². The predicted molar refractivity (Wildman–Crippen MR) is 85.8 cm³/mol. The van der Waals surface area contributed by atoms with E-state index < -0.39 is 0 Å². The van der Waals surface area contributed by atoms with Crippen LogP contribution in [0.3, 0.4) is 0 Å². The van der Waals surface area contributed by atoms with E-state index in [1.165, 1.54) is 5.56 Å². The lowest BCUT2D eigenvalue weighted by Gasteiger charge is -2.13. The zero-order valence-corrected chi connectivity index (χ0v) is 11.9. The molecule has 0 saturated carbocycles. The van der Waals surface area contributed by atoms with Gasteiger partial charge in [-0.05, 0) is 36.5 Å². The van der Waals surface area contributed by atoms with Crippen molar-refractivity contribution in [1.29, 1.82) is 0 Å². The van der Waals surface area contributed by atoms with Crippen LogP contribution in [0.4, 0.5) is 0 Å². The molecule has 3 heteroatoms. The minimum Gasteiger partial charge on any atom is -0.324 e. The van der Waals surface area contributed by atoms with Gasteiger partial charge in [-0.2, -0.15) is 0 Å². The molecule has 0 radical (unpaired) electrons. The maximum absolute atomic E-state index is 6.36. The van der Waals surface area contributed by atoms with Gasteiger partial charge in [0.1, 0.15) is 0 Å². The van der Waals surface area contributed by atoms with E-state index in [4.69, 9.17) is 5.73 Å². The Bertz CT molecular complexity index is 704. The summed E-state index contributed by atoms with van der Waals surface area (Å²) < 4.78 is 0. The van der Waals surface area contributed by atoms with Crippen molar-refractivity contribution in [3.63, 3.8) is 0 Å². The summed E-state index contributed by atoms with van der Waals surface area (Å²) in [4.78, 5) is 8.76. The second kappa shape index (κ2) is 6.46. The van der Waals surface area contributed by atoms with Crippen molar-refractivity contribution in [3.8, 4) is 0 Å². The molecule has 0 saturated heterocycles. The molecule has 3 rings (SSSR count). The topological polar surface area (TPSA) is 51.8 Å². The highest BCUT2D eigenvalue weighted by Crippen LogP contribution is 2.23. The molecule has 3 aromatic rings. The number of para-hydroxylation sites is 1. The molecule has 0 bridgehead atoms. The molecule has 0 fully saturated rings. The molecule has 2 aromatic carbocycles. The molecule has 1 unspecified atom stereocenters. The molecule has 0 aliphatic carbocycles. The standard InChI is InChI=1S/C18H19N3/c19-16(10-4-8-14-6-2-1-3-7-14)15-9-5-11-17-18(15)21-13-12-20-17/h1-3,5-7,9,11-13,16H,4,8,10,19H2. The first-order chi connectivity index (χ1) is 10.3. The summed E-state index contributed by atoms with van der Waals surface area (Å²) in [5.41, 5.74) is 10.6. The van der Waals surface area contributed by atoms with Crippen LogP contribution in [0, 0.1) is 0 Å². The maximum Gasteiger partial charge on any atom is 0.0934 e. The zero-order chi connectivity index (χ0) is 14.5. The van der Waals surface area contributed by atoms with E-state index in [2.05, 4.69) is 40.3 Å². The summed E-state index contributed by atoms with van der Waals surface area (Å²) in [6.45, 7) is 0. The van der Waals surface area contributed by atoms with Gasteiger partial charge >= 0.3 is 0 Å². The number of nitrogens with two attached hydrogens (primary N) is 1. The van der Waals surface area contributed by atoms with E-state index in [0.717, 1.165) is 35.9 Å². The first-order valence-corrected chi connectivity index (χ1v) is 7.34. The molecule has 0 spiro atoms. The number of aryl methyl sites for hydroxylation is 1. The number of rotatable bonds is 5. The number of hydrogen-bond acceptors (Lipinski definition) is 3. The van der Waals surface area contributed by atoms with E-state index in [-0.39, 0.29) is 6.04 Å². The fraction of sp³-hybridized carbons (Fsp3) is 0.222. The van der Waals surface area contributed by atoms with Gasteiger partial charge in [0.05, 0.1) is 11.0 Å². The lowest BCUT2D eigenvalue weighted by Crippen LogP contribution is -2.11. The molecule has 0 amide bonds. The molecule has 1 atom stereocenters. The van der Waals surface area contributed by atoms with Gasteiger partial charge in [-0.1, -0.05) is 42.5 Å². The monoisotopic (exact) mass is 277 g/mol. The van der Waals surface area contributed by atoms with Gasteiger partial charge in [-0.25, -0.2) is 0 Å². The Labute approximate surface area is 124 Å². The Hall–Kier alpha value is -2.26.